The topological polar surface area (TPSA) is 63.8 Å². The SMILES string of the molecule is Cc1nnc(C)n1-c1ccc(CO)nc1. The molecule has 0 unspecified atom stereocenters. The second-order valence-electron chi connectivity index (χ2n) is 3.30. The number of aryl methyl sites for hydroxylation is 2. The predicted molar refractivity (Wildman–Crippen MR) is 54.6 cm³/mol. The van der Waals surface area contributed by atoms with Gasteiger partial charge in [-0.1, -0.05) is 0 Å². The van der Waals surface area contributed by atoms with E-state index in [-0.39, 0.29) is 6.61 Å². The molecule has 2 aromatic heterocycles. The summed E-state index contributed by atoms with van der Waals surface area (Å²) in [6.07, 6.45) is 1.70. The lowest BCUT2D eigenvalue weighted by molar-refractivity contribution is 0.277. The van der Waals surface area contributed by atoms with Crippen LogP contribution < -0.4 is 0 Å². The summed E-state index contributed by atoms with van der Waals surface area (Å²) >= 11 is 0. The average molecular weight is 204 g/mol. The summed E-state index contributed by atoms with van der Waals surface area (Å²) in [5, 5.41) is 16.8. The molecule has 0 aromatic carbocycles. The molecule has 0 aliphatic carbocycles. The Morgan fingerprint density at radius 3 is 2.33 bits per heavy atom. The third kappa shape index (κ3) is 1.73. The summed E-state index contributed by atoms with van der Waals surface area (Å²) in [6.45, 7) is 3.74. The van der Waals surface area contributed by atoms with Crippen LogP contribution in [0.5, 0.6) is 0 Å². The van der Waals surface area contributed by atoms with Gasteiger partial charge in [0, 0.05) is 0 Å². The second kappa shape index (κ2) is 3.78. The van der Waals surface area contributed by atoms with Crippen LogP contribution in [-0.2, 0) is 6.61 Å². The number of pyridine rings is 1. The first-order valence-electron chi connectivity index (χ1n) is 4.67. The summed E-state index contributed by atoms with van der Waals surface area (Å²) in [6, 6.07) is 3.68. The van der Waals surface area contributed by atoms with E-state index in [9.17, 15) is 0 Å². The molecule has 0 bridgehead atoms. The van der Waals surface area contributed by atoms with Crippen molar-refractivity contribution in [3.63, 3.8) is 0 Å². The molecular weight excluding hydrogens is 192 g/mol. The second-order valence-corrected chi connectivity index (χ2v) is 3.30. The first-order chi connectivity index (χ1) is 7.22. The monoisotopic (exact) mass is 204 g/mol. The van der Waals surface area contributed by atoms with Crippen molar-refractivity contribution in [2.45, 2.75) is 20.5 Å². The van der Waals surface area contributed by atoms with E-state index in [1.165, 1.54) is 0 Å². The Balaban J connectivity index is 2.45. The Kier molecular flexibility index (Phi) is 2.47. The third-order valence-corrected chi connectivity index (χ3v) is 2.22. The molecule has 5 nitrogen and oxygen atoms in total. The van der Waals surface area contributed by atoms with Gasteiger partial charge in [0.05, 0.1) is 24.2 Å². The Labute approximate surface area is 87.4 Å². The van der Waals surface area contributed by atoms with Crippen molar-refractivity contribution in [1.82, 2.24) is 19.7 Å². The van der Waals surface area contributed by atoms with Gasteiger partial charge in [0.25, 0.3) is 0 Å². The molecule has 0 saturated heterocycles. The number of aliphatic hydroxyl groups is 1. The smallest absolute Gasteiger partial charge is 0.134 e. The zero-order valence-electron chi connectivity index (χ0n) is 8.68. The molecule has 2 aromatic rings. The van der Waals surface area contributed by atoms with Gasteiger partial charge in [0.15, 0.2) is 0 Å². The molecule has 0 radical (unpaired) electrons. The molecule has 0 atom stereocenters. The van der Waals surface area contributed by atoms with Crippen molar-refractivity contribution in [3.05, 3.63) is 35.7 Å². The summed E-state index contributed by atoms with van der Waals surface area (Å²) < 4.78 is 1.91. The van der Waals surface area contributed by atoms with Crippen LogP contribution in [-0.4, -0.2) is 24.9 Å². The van der Waals surface area contributed by atoms with Gasteiger partial charge in [-0.05, 0) is 26.0 Å². The van der Waals surface area contributed by atoms with Gasteiger partial charge in [-0.15, -0.1) is 10.2 Å². The number of aromatic nitrogens is 4. The van der Waals surface area contributed by atoms with Gasteiger partial charge in [-0.2, -0.15) is 0 Å². The average Bonchev–Trinajstić information content (AvgIpc) is 2.59. The zero-order valence-corrected chi connectivity index (χ0v) is 8.68. The van der Waals surface area contributed by atoms with Crippen LogP contribution >= 0.6 is 0 Å². The van der Waals surface area contributed by atoms with Gasteiger partial charge in [0.1, 0.15) is 11.6 Å². The zero-order chi connectivity index (χ0) is 10.8. The van der Waals surface area contributed by atoms with Gasteiger partial charge < -0.3 is 5.11 Å². The van der Waals surface area contributed by atoms with E-state index in [1.807, 2.05) is 24.5 Å². The first kappa shape index (κ1) is 9.79. The number of hydrogen-bond donors (Lipinski definition) is 1. The lowest BCUT2D eigenvalue weighted by Gasteiger charge is -2.05. The number of hydrogen-bond acceptors (Lipinski definition) is 4. The molecule has 0 aliphatic rings. The molecular formula is C10H12N4O. The van der Waals surface area contributed by atoms with E-state index in [0.29, 0.717) is 5.69 Å². The highest BCUT2D eigenvalue weighted by Gasteiger charge is 2.06. The summed E-state index contributed by atoms with van der Waals surface area (Å²) in [5.74, 6) is 1.65. The molecule has 0 saturated carbocycles. The van der Waals surface area contributed by atoms with Crippen molar-refractivity contribution >= 4 is 0 Å². The molecule has 2 heterocycles. The number of rotatable bonds is 2. The van der Waals surface area contributed by atoms with Crippen LogP contribution in [0, 0.1) is 13.8 Å². The van der Waals surface area contributed by atoms with Gasteiger partial charge in [0.2, 0.25) is 0 Å². The van der Waals surface area contributed by atoms with Crippen molar-refractivity contribution in [2.24, 2.45) is 0 Å². The molecule has 2 rings (SSSR count). The molecule has 0 amide bonds. The molecule has 0 spiro atoms. The maximum atomic E-state index is 8.87. The van der Waals surface area contributed by atoms with Gasteiger partial charge in [-0.3, -0.25) is 9.55 Å². The van der Waals surface area contributed by atoms with Crippen LogP contribution in [0.4, 0.5) is 0 Å². The fraction of sp³-hybridized carbons (Fsp3) is 0.300. The standard InChI is InChI=1S/C10H12N4O/c1-7-12-13-8(2)14(7)10-4-3-9(6-15)11-5-10/h3-5,15H,6H2,1-2H3. The lowest BCUT2D eigenvalue weighted by atomic mass is 10.3. The van der Waals surface area contributed by atoms with Crippen LogP contribution in [0.15, 0.2) is 18.3 Å². The molecule has 0 fully saturated rings. The Morgan fingerprint density at radius 2 is 1.87 bits per heavy atom. The van der Waals surface area contributed by atoms with Crippen molar-refractivity contribution in [1.29, 1.82) is 0 Å². The fourth-order valence-electron chi connectivity index (χ4n) is 1.48. The van der Waals surface area contributed by atoms with Crippen LogP contribution in [0.25, 0.3) is 5.69 Å². The summed E-state index contributed by atoms with van der Waals surface area (Å²) in [7, 11) is 0. The molecule has 0 aliphatic heterocycles. The number of nitrogens with zero attached hydrogens (tertiary/aromatic N) is 4. The molecule has 78 valence electrons. The van der Waals surface area contributed by atoms with Crippen molar-refractivity contribution < 1.29 is 5.11 Å². The highest BCUT2D eigenvalue weighted by molar-refractivity contribution is 5.31. The lowest BCUT2D eigenvalue weighted by Crippen LogP contribution is -2.01. The van der Waals surface area contributed by atoms with E-state index >= 15 is 0 Å². The highest BCUT2D eigenvalue weighted by atomic mass is 16.3. The normalized spacial score (nSPS) is 10.6. The molecule has 1 N–H and O–H groups in total. The Bertz CT molecular complexity index is 441. The molecule has 5 heteroatoms. The van der Waals surface area contributed by atoms with E-state index in [1.54, 1.807) is 12.3 Å². The van der Waals surface area contributed by atoms with Crippen LogP contribution in [0.1, 0.15) is 17.3 Å². The van der Waals surface area contributed by atoms with Crippen LogP contribution in [0.3, 0.4) is 0 Å². The summed E-state index contributed by atoms with van der Waals surface area (Å²) in [5.41, 5.74) is 1.56. The Morgan fingerprint density at radius 1 is 1.20 bits per heavy atom. The molecule has 15 heavy (non-hydrogen) atoms. The van der Waals surface area contributed by atoms with Crippen LogP contribution in [0.2, 0.25) is 0 Å². The number of aliphatic hydroxyl groups excluding tert-OH is 1. The van der Waals surface area contributed by atoms with Crippen molar-refractivity contribution in [3.8, 4) is 5.69 Å². The minimum atomic E-state index is -0.0412. The Hall–Kier alpha value is -1.75. The van der Waals surface area contributed by atoms with E-state index < -0.39 is 0 Å². The maximum Gasteiger partial charge on any atom is 0.134 e. The van der Waals surface area contributed by atoms with Gasteiger partial charge >= 0.3 is 0 Å². The van der Waals surface area contributed by atoms with E-state index in [4.69, 9.17) is 5.11 Å². The summed E-state index contributed by atoms with van der Waals surface area (Å²) in [4.78, 5) is 4.11. The predicted octanol–water partition coefficient (Wildman–Crippen LogP) is 0.771. The quantitative estimate of drug-likeness (QED) is 0.784. The van der Waals surface area contributed by atoms with E-state index in [0.717, 1.165) is 17.3 Å². The minimum absolute atomic E-state index is 0.0412. The van der Waals surface area contributed by atoms with Crippen molar-refractivity contribution in [2.75, 3.05) is 0 Å². The first-order valence-corrected chi connectivity index (χ1v) is 4.67. The highest BCUT2D eigenvalue weighted by Crippen LogP contribution is 2.11. The van der Waals surface area contributed by atoms with Gasteiger partial charge in [-0.25, -0.2) is 0 Å². The third-order valence-electron chi connectivity index (χ3n) is 2.22. The van der Waals surface area contributed by atoms with E-state index in [2.05, 4.69) is 15.2 Å². The minimum Gasteiger partial charge on any atom is -0.390 e. The fourth-order valence-corrected chi connectivity index (χ4v) is 1.48. The largest absolute Gasteiger partial charge is 0.390 e. The maximum absolute atomic E-state index is 8.87.